The van der Waals surface area contributed by atoms with Crippen molar-refractivity contribution < 1.29 is 14.4 Å². The van der Waals surface area contributed by atoms with E-state index in [4.69, 9.17) is 0 Å². The van der Waals surface area contributed by atoms with Gasteiger partial charge in [-0.1, -0.05) is 54.6 Å². The molecule has 3 aliphatic heterocycles. The Morgan fingerprint density at radius 3 is 2.10 bits per heavy atom. The van der Waals surface area contributed by atoms with Crippen molar-refractivity contribution in [2.24, 2.45) is 17.8 Å². The molecule has 2 aromatic carbocycles. The normalized spacial score (nSPS) is 27.7. The molecule has 0 N–H and O–H groups in total. The van der Waals surface area contributed by atoms with Crippen LogP contribution in [-0.4, -0.2) is 28.7 Å². The fraction of sp³-hybridized carbons (Fsp3) is 0.217. The first kappa shape index (κ1) is 17.4. The maximum Gasteiger partial charge on any atom is 0.240 e. The minimum absolute atomic E-state index is 0.199. The number of carbonyl (C=O) groups is 3. The number of hydrogen-bond acceptors (Lipinski definition) is 4. The summed E-state index contributed by atoms with van der Waals surface area (Å²) >= 11 is 0. The number of imide groups is 1. The average Bonchev–Trinajstić information content (AvgIpc) is 3.03. The van der Waals surface area contributed by atoms with Crippen LogP contribution >= 0.6 is 0 Å². The van der Waals surface area contributed by atoms with Crippen molar-refractivity contribution in [3.63, 3.8) is 0 Å². The van der Waals surface area contributed by atoms with Gasteiger partial charge >= 0.3 is 0 Å². The molecule has 4 aliphatic rings. The van der Waals surface area contributed by atoms with Gasteiger partial charge in [0, 0.05) is 12.1 Å². The second-order valence-corrected chi connectivity index (χ2v) is 7.56. The lowest BCUT2D eigenvalue weighted by atomic mass is 9.66. The Balaban J connectivity index is 1.57. The van der Waals surface area contributed by atoms with Gasteiger partial charge in [0.05, 0.1) is 35.6 Å². The lowest BCUT2D eigenvalue weighted by molar-refractivity contribution is -0.151. The summed E-state index contributed by atoms with van der Waals surface area (Å²) in [4.78, 5) is 42.5. The van der Waals surface area contributed by atoms with Gasteiger partial charge < -0.3 is 4.90 Å². The molecule has 6 rings (SSSR count). The van der Waals surface area contributed by atoms with Gasteiger partial charge in [-0.2, -0.15) is 5.26 Å². The highest BCUT2D eigenvalue weighted by Gasteiger charge is 2.64. The molecule has 2 bridgehead atoms. The molecule has 142 valence electrons. The zero-order valence-corrected chi connectivity index (χ0v) is 15.4. The standard InChI is InChI=1S/C23H17N3O3/c24-12-15-11-17-18-19(23(29)26(22(18)28)16-9-5-2-6-10-16)20(15)25(21(17)27)13-14-7-3-1-4-8-14/h1-11,17-20H,13H2/t17-,18?,19?,20+/m1/s1. The van der Waals surface area contributed by atoms with Crippen LogP contribution in [0.4, 0.5) is 5.69 Å². The first-order chi connectivity index (χ1) is 14.1. The number of para-hydroxylation sites is 1. The molecule has 0 aromatic heterocycles. The fourth-order valence-corrected chi connectivity index (χ4v) is 4.82. The van der Waals surface area contributed by atoms with Crippen molar-refractivity contribution in [3.05, 3.63) is 77.9 Å². The number of hydrogen-bond donors (Lipinski definition) is 0. The van der Waals surface area contributed by atoms with Crippen molar-refractivity contribution >= 4 is 23.4 Å². The summed E-state index contributed by atoms with van der Waals surface area (Å²) < 4.78 is 0. The summed E-state index contributed by atoms with van der Waals surface area (Å²) in [5, 5.41) is 9.67. The Morgan fingerprint density at radius 1 is 0.828 bits per heavy atom. The Morgan fingerprint density at radius 2 is 1.45 bits per heavy atom. The summed E-state index contributed by atoms with van der Waals surface area (Å²) in [7, 11) is 0. The van der Waals surface area contributed by atoms with Crippen molar-refractivity contribution in [1.82, 2.24) is 4.90 Å². The van der Waals surface area contributed by atoms with E-state index in [0.29, 0.717) is 17.8 Å². The molecule has 2 saturated heterocycles. The number of nitrogens with zero attached hydrogens (tertiary/aromatic N) is 3. The van der Waals surface area contributed by atoms with Crippen molar-refractivity contribution in [2.75, 3.05) is 4.90 Å². The first-order valence-corrected chi connectivity index (χ1v) is 9.51. The Labute approximate surface area is 167 Å². The van der Waals surface area contributed by atoms with Crippen molar-refractivity contribution in [3.8, 4) is 6.07 Å². The summed E-state index contributed by atoms with van der Waals surface area (Å²) in [5.41, 5.74) is 1.80. The smallest absolute Gasteiger partial charge is 0.240 e. The number of amides is 3. The third-order valence-corrected chi connectivity index (χ3v) is 6.05. The SMILES string of the molecule is N#CC1=C[C@H]2C(=O)N(Cc3ccccc3)[C@@H]1C1C(=O)N(c3ccccc3)C(=O)C12. The molecule has 4 atom stereocenters. The van der Waals surface area contributed by atoms with Crippen LogP contribution in [0.3, 0.4) is 0 Å². The largest absolute Gasteiger partial charge is 0.329 e. The molecule has 1 aliphatic carbocycles. The first-order valence-electron chi connectivity index (χ1n) is 9.51. The maximum absolute atomic E-state index is 13.3. The lowest BCUT2D eigenvalue weighted by Crippen LogP contribution is -2.60. The van der Waals surface area contributed by atoms with E-state index in [1.165, 1.54) is 4.90 Å². The van der Waals surface area contributed by atoms with E-state index in [-0.39, 0.29) is 17.7 Å². The molecule has 0 radical (unpaired) electrons. The minimum atomic E-state index is -0.784. The molecule has 29 heavy (non-hydrogen) atoms. The number of nitriles is 1. The number of benzene rings is 2. The Bertz CT molecular complexity index is 1090. The topological polar surface area (TPSA) is 81.5 Å². The molecule has 6 heteroatoms. The molecular formula is C23H17N3O3. The minimum Gasteiger partial charge on any atom is -0.329 e. The van der Waals surface area contributed by atoms with Crippen LogP contribution < -0.4 is 4.90 Å². The Kier molecular flexibility index (Phi) is 3.85. The van der Waals surface area contributed by atoms with Gasteiger partial charge in [0.15, 0.2) is 0 Å². The van der Waals surface area contributed by atoms with E-state index in [1.54, 1.807) is 35.2 Å². The van der Waals surface area contributed by atoms with Gasteiger partial charge in [-0.15, -0.1) is 0 Å². The van der Waals surface area contributed by atoms with Gasteiger partial charge in [0.1, 0.15) is 0 Å². The molecule has 0 spiro atoms. The molecule has 0 saturated carbocycles. The second kappa shape index (κ2) is 6.42. The fourth-order valence-electron chi connectivity index (χ4n) is 4.82. The van der Waals surface area contributed by atoms with Crippen LogP contribution in [0.15, 0.2) is 72.3 Å². The molecule has 2 unspecified atom stereocenters. The molecule has 2 aromatic rings. The van der Waals surface area contributed by atoms with E-state index in [0.717, 1.165) is 5.56 Å². The number of rotatable bonds is 3. The molecule has 2 fully saturated rings. The van der Waals surface area contributed by atoms with E-state index in [1.807, 2.05) is 36.4 Å². The van der Waals surface area contributed by atoms with Crippen LogP contribution in [0, 0.1) is 29.1 Å². The van der Waals surface area contributed by atoms with Crippen molar-refractivity contribution in [2.45, 2.75) is 12.6 Å². The summed E-state index contributed by atoms with van der Waals surface area (Å²) in [6.45, 7) is 0.301. The van der Waals surface area contributed by atoms with Crippen LogP contribution in [-0.2, 0) is 20.9 Å². The highest BCUT2D eigenvalue weighted by molar-refractivity contribution is 6.24. The predicted molar refractivity (Wildman–Crippen MR) is 104 cm³/mol. The van der Waals surface area contributed by atoms with Gasteiger partial charge in [0.25, 0.3) is 0 Å². The number of fused-ring (bicyclic) bond motifs is 1. The van der Waals surface area contributed by atoms with E-state index in [9.17, 15) is 19.6 Å². The van der Waals surface area contributed by atoms with E-state index >= 15 is 0 Å². The van der Waals surface area contributed by atoms with Crippen LogP contribution in [0.25, 0.3) is 0 Å². The van der Waals surface area contributed by atoms with Gasteiger partial charge in [-0.3, -0.25) is 14.4 Å². The predicted octanol–water partition coefficient (Wildman–Crippen LogP) is 2.28. The monoisotopic (exact) mass is 383 g/mol. The molecular weight excluding hydrogens is 366 g/mol. The lowest BCUT2D eigenvalue weighted by Gasteiger charge is -2.47. The number of anilines is 1. The van der Waals surface area contributed by atoms with E-state index < -0.39 is 23.8 Å². The quantitative estimate of drug-likeness (QED) is 0.762. The summed E-state index contributed by atoms with van der Waals surface area (Å²) in [5.74, 6) is -3.16. The highest BCUT2D eigenvalue weighted by atomic mass is 16.2. The van der Waals surface area contributed by atoms with Crippen LogP contribution in [0.1, 0.15) is 5.56 Å². The maximum atomic E-state index is 13.3. The van der Waals surface area contributed by atoms with Gasteiger partial charge in [-0.05, 0) is 17.7 Å². The van der Waals surface area contributed by atoms with E-state index in [2.05, 4.69) is 6.07 Å². The van der Waals surface area contributed by atoms with Crippen LogP contribution in [0.5, 0.6) is 0 Å². The average molecular weight is 383 g/mol. The van der Waals surface area contributed by atoms with Gasteiger partial charge in [-0.25, -0.2) is 4.90 Å². The second-order valence-electron chi connectivity index (χ2n) is 7.56. The van der Waals surface area contributed by atoms with Crippen LogP contribution in [0.2, 0.25) is 0 Å². The molecule has 3 heterocycles. The zero-order chi connectivity index (χ0) is 20.1. The third-order valence-electron chi connectivity index (χ3n) is 6.05. The summed E-state index contributed by atoms with van der Waals surface area (Å²) in [6.07, 6.45) is 1.59. The number of carbonyl (C=O) groups excluding carboxylic acids is 3. The molecule has 3 amide bonds. The number of piperidine rings is 1. The summed E-state index contributed by atoms with van der Waals surface area (Å²) in [6, 6.07) is 19.7. The zero-order valence-electron chi connectivity index (χ0n) is 15.4. The third kappa shape index (κ3) is 2.44. The van der Waals surface area contributed by atoms with Crippen molar-refractivity contribution in [1.29, 1.82) is 5.26 Å². The molecule has 6 nitrogen and oxygen atoms in total. The van der Waals surface area contributed by atoms with Gasteiger partial charge in [0.2, 0.25) is 17.7 Å². The highest BCUT2D eigenvalue weighted by Crippen LogP contribution is 2.49. The Hall–Kier alpha value is -3.72.